The first kappa shape index (κ1) is 13.4. The lowest BCUT2D eigenvalue weighted by atomic mass is 10.2. The number of esters is 1. The molecule has 5 nitrogen and oxygen atoms in total. The molecule has 1 rings (SSSR count). The van der Waals surface area contributed by atoms with Crippen LogP contribution in [-0.4, -0.2) is 35.8 Å². The second-order valence-electron chi connectivity index (χ2n) is 3.83. The molecule has 2 N–H and O–H groups in total. The van der Waals surface area contributed by atoms with Crippen LogP contribution < -0.4 is 5.32 Å². The van der Waals surface area contributed by atoms with Crippen molar-refractivity contribution in [2.45, 2.75) is 25.8 Å². The minimum absolute atomic E-state index is 0.182. The zero-order valence-corrected chi connectivity index (χ0v) is 10.1. The molecule has 1 unspecified atom stereocenters. The number of methoxy groups -OCH3 is 1. The van der Waals surface area contributed by atoms with Crippen molar-refractivity contribution in [3.8, 4) is 0 Å². The highest BCUT2D eigenvalue weighted by molar-refractivity contribution is 5.89. The van der Waals surface area contributed by atoms with Crippen LogP contribution in [-0.2, 0) is 4.74 Å². The maximum Gasteiger partial charge on any atom is 0.338 e. The fourth-order valence-electron chi connectivity index (χ4n) is 1.48. The predicted octanol–water partition coefficient (Wildman–Crippen LogP) is 1.44. The minimum Gasteiger partial charge on any atom is -0.465 e. The molecule has 0 saturated carbocycles. The van der Waals surface area contributed by atoms with Crippen molar-refractivity contribution in [3.05, 3.63) is 23.9 Å². The normalized spacial score (nSPS) is 11.9. The molecule has 0 aromatic carbocycles. The van der Waals surface area contributed by atoms with E-state index in [0.29, 0.717) is 11.4 Å². The van der Waals surface area contributed by atoms with E-state index in [0.717, 1.165) is 12.8 Å². The number of pyridine rings is 1. The van der Waals surface area contributed by atoms with Gasteiger partial charge in [0.05, 0.1) is 12.7 Å². The Kier molecular flexibility index (Phi) is 5.42. The number of aromatic nitrogens is 1. The molecule has 1 heterocycles. The zero-order chi connectivity index (χ0) is 12.7. The number of aliphatic hydroxyl groups is 1. The van der Waals surface area contributed by atoms with E-state index in [1.54, 1.807) is 18.3 Å². The molecule has 0 fully saturated rings. The molecule has 5 heteroatoms. The molecule has 0 aliphatic rings. The summed E-state index contributed by atoms with van der Waals surface area (Å²) in [6.07, 6.45) is 3.15. The first-order valence-corrected chi connectivity index (χ1v) is 5.59. The Morgan fingerprint density at radius 3 is 3.06 bits per heavy atom. The van der Waals surface area contributed by atoms with E-state index >= 15 is 0 Å². The second-order valence-corrected chi connectivity index (χ2v) is 3.83. The van der Waals surface area contributed by atoms with Gasteiger partial charge < -0.3 is 15.2 Å². The minimum atomic E-state index is -0.376. The Morgan fingerprint density at radius 2 is 2.41 bits per heavy atom. The van der Waals surface area contributed by atoms with Crippen molar-refractivity contribution < 1.29 is 14.6 Å². The van der Waals surface area contributed by atoms with Gasteiger partial charge in [-0.3, -0.25) is 0 Å². The topological polar surface area (TPSA) is 71.5 Å². The third kappa shape index (κ3) is 4.40. The summed E-state index contributed by atoms with van der Waals surface area (Å²) in [4.78, 5) is 15.4. The highest BCUT2D eigenvalue weighted by Gasteiger charge is 2.08. The van der Waals surface area contributed by atoms with Gasteiger partial charge in [0.2, 0.25) is 0 Å². The number of aliphatic hydroxyl groups excluding tert-OH is 1. The van der Waals surface area contributed by atoms with Crippen molar-refractivity contribution in [2.24, 2.45) is 0 Å². The Hall–Kier alpha value is -1.62. The predicted molar refractivity (Wildman–Crippen MR) is 65.0 cm³/mol. The average molecular weight is 238 g/mol. The number of ether oxygens (including phenoxy) is 1. The summed E-state index contributed by atoms with van der Waals surface area (Å²) in [5.74, 6) is 0.261. The van der Waals surface area contributed by atoms with Crippen molar-refractivity contribution in [1.29, 1.82) is 0 Å². The van der Waals surface area contributed by atoms with Gasteiger partial charge in [-0.25, -0.2) is 9.78 Å². The van der Waals surface area contributed by atoms with E-state index in [1.165, 1.54) is 7.11 Å². The van der Waals surface area contributed by atoms with Crippen LogP contribution in [0.25, 0.3) is 0 Å². The van der Waals surface area contributed by atoms with Gasteiger partial charge in [-0.1, -0.05) is 0 Å². The number of rotatable bonds is 6. The zero-order valence-electron chi connectivity index (χ0n) is 10.1. The molecule has 1 aromatic heterocycles. The number of carbonyl (C=O) groups is 1. The third-order valence-corrected chi connectivity index (χ3v) is 2.37. The van der Waals surface area contributed by atoms with Crippen LogP contribution in [0.15, 0.2) is 18.3 Å². The third-order valence-electron chi connectivity index (χ3n) is 2.37. The first-order valence-electron chi connectivity index (χ1n) is 5.59. The summed E-state index contributed by atoms with van der Waals surface area (Å²) in [5.41, 5.74) is 0.472. The molecule has 0 spiro atoms. The van der Waals surface area contributed by atoms with E-state index < -0.39 is 0 Å². The van der Waals surface area contributed by atoms with Gasteiger partial charge in [-0.05, 0) is 31.9 Å². The average Bonchev–Trinajstić information content (AvgIpc) is 2.35. The van der Waals surface area contributed by atoms with Crippen LogP contribution in [0.5, 0.6) is 0 Å². The van der Waals surface area contributed by atoms with Crippen LogP contribution in [0, 0.1) is 0 Å². The maximum absolute atomic E-state index is 11.3. The van der Waals surface area contributed by atoms with Gasteiger partial charge in [0, 0.05) is 18.8 Å². The summed E-state index contributed by atoms with van der Waals surface area (Å²) in [7, 11) is 1.35. The molecule has 0 aliphatic heterocycles. The SMILES string of the molecule is COC(=O)c1ccnc(NC(C)CCCO)c1. The number of hydrogen-bond acceptors (Lipinski definition) is 5. The molecule has 0 bridgehead atoms. The fourth-order valence-corrected chi connectivity index (χ4v) is 1.48. The highest BCUT2D eigenvalue weighted by atomic mass is 16.5. The Bertz CT molecular complexity index is 369. The van der Waals surface area contributed by atoms with Gasteiger partial charge in [0.25, 0.3) is 0 Å². The van der Waals surface area contributed by atoms with E-state index in [1.807, 2.05) is 6.92 Å². The molecule has 1 aromatic rings. The second kappa shape index (κ2) is 6.85. The van der Waals surface area contributed by atoms with Gasteiger partial charge >= 0.3 is 5.97 Å². The summed E-state index contributed by atoms with van der Waals surface area (Å²) >= 11 is 0. The first-order chi connectivity index (χ1) is 8.17. The monoisotopic (exact) mass is 238 g/mol. The standard InChI is InChI=1S/C12H18N2O3/c1-9(4-3-7-15)14-11-8-10(5-6-13-11)12(16)17-2/h5-6,8-9,15H,3-4,7H2,1-2H3,(H,13,14). The number of carbonyl (C=O) groups excluding carboxylic acids is 1. The summed E-state index contributed by atoms with van der Waals surface area (Å²) in [5, 5.41) is 11.9. The number of nitrogens with zero attached hydrogens (tertiary/aromatic N) is 1. The lowest BCUT2D eigenvalue weighted by Gasteiger charge is -2.14. The molecule has 94 valence electrons. The van der Waals surface area contributed by atoms with Crippen molar-refractivity contribution in [2.75, 3.05) is 19.0 Å². The fraction of sp³-hybridized carbons (Fsp3) is 0.500. The maximum atomic E-state index is 11.3. The van der Waals surface area contributed by atoms with Gasteiger partial charge in [0.1, 0.15) is 5.82 Å². The van der Waals surface area contributed by atoms with Crippen molar-refractivity contribution >= 4 is 11.8 Å². The van der Waals surface area contributed by atoms with Gasteiger partial charge in [-0.15, -0.1) is 0 Å². The largest absolute Gasteiger partial charge is 0.465 e. The molecule has 17 heavy (non-hydrogen) atoms. The van der Waals surface area contributed by atoms with E-state index in [4.69, 9.17) is 5.11 Å². The molecule has 0 aliphatic carbocycles. The lowest BCUT2D eigenvalue weighted by molar-refractivity contribution is 0.0600. The summed E-state index contributed by atoms with van der Waals surface area (Å²) in [6, 6.07) is 3.46. The Labute approximate surface area is 101 Å². The van der Waals surface area contributed by atoms with Crippen molar-refractivity contribution in [3.63, 3.8) is 0 Å². The van der Waals surface area contributed by atoms with Crippen LogP contribution in [0.4, 0.5) is 5.82 Å². The molecule has 0 saturated heterocycles. The molecular formula is C12H18N2O3. The summed E-state index contributed by atoms with van der Waals surface area (Å²) < 4.78 is 4.63. The Balaban J connectivity index is 2.62. The molecule has 0 radical (unpaired) electrons. The number of nitrogens with one attached hydrogen (secondary N) is 1. The number of anilines is 1. The lowest BCUT2D eigenvalue weighted by Crippen LogP contribution is -2.16. The van der Waals surface area contributed by atoms with Gasteiger partial charge in [0.15, 0.2) is 0 Å². The number of hydrogen-bond donors (Lipinski definition) is 2. The Morgan fingerprint density at radius 1 is 1.65 bits per heavy atom. The molecular weight excluding hydrogens is 220 g/mol. The quantitative estimate of drug-likeness (QED) is 0.734. The van der Waals surface area contributed by atoms with Crippen molar-refractivity contribution in [1.82, 2.24) is 4.98 Å². The molecule has 0 amide bonds. The van der Waals surface area contributed by atoms with Crippen LogP contribution in [0.1, 0.15) is 30.1 Å². The molecule has 1 atom stereocenters. The van der Waals surface area contributed by atoms with Crippen LogP contribution >= 0.6 is 0 Å². The van der Waals surface area contributed by atoms with Gasteiger partial charge in [-0.2, -0.15) is 0 Å². The van der Waals surface area contributed by atoms with E-state index in [-0.39, 0.29) is 18.6 Å². The highest BCUT2D eigenvalue weighted by Crippen LogP contribution is 2.10. The van der Waals surface area contributed by atoms with E-state index in [2.05, 4.69) is 15.0 Å². The van der Waals surface area contributed by atoms with E-state index in [9.17, 15) is 4.79 Å². The smallest absolute Gasteiger partial charge is 0.338 e. The summed E-state index contributed by atoms with van der Waals surface area (Å²) in [6.45, 7) is 2.18. The van der Waals surface area contributed by atoms with Crippen LogP contribution in [0.2, 0.25) is 0 Å². The van der Waals surface area contributed by atoms with Crippen LogP contribution in [0.3, 0.4) is 0 Å².